The molecule has 1 nitrogen and oxygen atoms in total. The molecule has 0 unspecified atom stereocenters. The van der Waals surface area contributed by atoms with Gasteiger partial charge in [-0.2, -0.15) is 0 Å². The van der Waals surface area contributed by atoms with Crippen LogP contribution in [0.5, 0.6) is 0 Å². The molecule has 0 aromatic rings. The first kappa shape index (κ1) is 13.4. The molecule has 0 rings (SSSR count). The lowest BCUT2D eigenvalue weighted by Gasteiger charge is -2.00. The molecule has 0 aromatic carbocycles. The van der Waals surface area contributed by atoms with Crippen LogP contribution in [0.25, 0.3) is 0 Å². The molecule has 0 aliphatic heterocycles. The van der Waals surface area contributed by atoms with Crippen LogP contribution in [0.3, 0.4) is 0 Å². The second kappa shape index (κ2) is 10.5. The topological polar surface area (TPSA) is 17.1 Å². The van der Waals surface area contributed by atoms with Crippen LogP contribution < -0.4 is 0 Å². The van der Waals surface area contributed by atoms with Gasteiger partial charge in [-0.05, 0) is 6.42 Å². The second-order valence-electron chi connectivity index (χ2n) is 3.30. The summed E-state index contributed by atoms with van der Waals surface area (Å²) in [7, 11) is -0.659. The van der Waals surface area contributed by atoms with Gasteiger partial charge < -0.3 is 0 Å². The Hall–Kier alpha value is 0.440. The lowest BCUT2D eigenvalue weighted by atomic mass is 10.1. The van der Waals surface area contributed by atoms with Crippen molar-refractivity contribution in [2.24, 2.45) is 0 Å². The maximum Gasteiger partial charge on any atom is 0.0370 e. The zero-order chi connectivity index (χ0) is 9.94. The van der Waals surface area contributed by atoms with Gasteiger partial charge in [-0.1, -0.05) is 39.0 Å². The molecule has 0 heterocycles. The van der Waals surface area contributed by atoms with Crippen LogP contribution in [0.1, 0.15) is 45.4 Å². The Bertz CT molecular complexity index is 128. The number of alkyl halides is 1. The minimum Gasteiger partial charge on any atom is -0.260 e. The normalized spacial score (nSPS) is 13.1. The van der Waals surface area contributed by atoms with Gasteiger partial charge in [0, 0.05) is 28.2 Å². The highest BCUT2D eigenvalue weighted by molar-refractivity contribution is 7.85. The van der Waals surface area contributed by atoms with Crippen molar-refractivity contribution < 1.29 is 4.21 Å². The minimum absolute atomic E-state index is 0.530. The van der Waals surface area contributed by atoms with Gasteiger partial charge in [0.15, 0.2) is 0 Å². The van der Waals surface area contributed by atoms with E-state index in [4.69, 9.17) is 11.6 Å². The molecule has 0 radical (unpaired) electrons. The van der Waals surface area contributed by atoms with E-state index in [1.54, 1.807) is 0 Å². The maximum atomic E-state index is 11.2. The van der Waals surface area contributed by atoms with Crippen LogP contribution in [-0.2, 0) is 10.8 Å². The van der Waals surface area contributed by atoms with Gasteiger partial charge in [-0.3, -0.25) is 4.21 Å². The molecule has 0 aliphatic carbocycles. The molecule has 0 amide bonds. The van der Waals surface area contributed by atoms with Crippen molar-refractivity contribution in [2.75, 3.05) is 17.4 Å². The van der Waals surface area contributed by atoms with Gasteiger partial charge in [0.05, 0.1) is 0 Å². The predicted molar refractivity (Wildman–Crippen MR) is 62.0 cm³/mol. The SMILES string of the molecule is CCCCCCCC[S@@](=O)CCCl. The molecule has 0 saturated carbocycles. The molecule has 13 heavy (non-hydrogen) atoms. The number of halogens is 1. The first-order chi connectivity index (χ1) is 6.31. The van der Waals surface area contributed by atoms with Gasteiger partial charge in [0.1, 0.15) is 0 Å². The number of hydrogen-bond donors (Lipinski definition) is 0. The molecule has 3 heteroatoms. The molecule has 0 aromatic heterocycles. The Morgan fingerprint density at radius 3 is 2.23 bits per heavy atom. The van der Waals surface area contributed by atoms with E-state index >= 15 is 0 Å². The van der Waals surface area contributed by atoms with Crippen LogP contribution in [0.15, 0.2) is 0 Å². The van der Waals surface area contributed by atoms with E-state index in [9.17, 15) is 4.21 Å². The van der Waals surface area contributed by atoms with E-state index in [2.05, 4.69) is 6.92 Å². The van der Waals surface area contributed by atoms with Crippen molar-refractivity contribution in [3.05, 3.63) is 0 Å². The van der Waals surface area contributed by atoms with Crippen LogP contribution in [0, 0.1) is 0 Å². The Kier molecular flexibility index (Phi) is 10.9. The molecule has 80 valence electrons. The Morgan fingerprint density at radius 2 is 1.62 bits per heavy atom. The summed E-state index contributed by atoms with van der Waals surface area (Å²) in [5, 5.41) is 0. The third-order valence-electron chi connectivity index (χ3n) is 2.03. The number of hydrogen-bond acceptors (Lipinski definition) is 1. The van der Waals surface area contributed by atoms with Crippen molar-refractivity contribution in [1.82, 2.24) is 0 Å². The first-order valence-electron chi connectivity index (χ1n) is 5.22. The Labute approximate surface area is 89.7 Å². The summed E-state index contributed by atoms with van der Waals surface area (Å²) in [6.45, 7) is 2.22. The summed E-state index contributed by atoms with van der Waals surface area (Å²) in [4.78, 5) is 0. The summed E-state index contributed by atoms with van der Waals surface area (Å²) in [5.41, 5.74) is 0. The van der Waals surface area contributed by atoms with Crippen LogP contribution in [0.4, 0.5) is 0 Å². The van der Waals surface area contributed by atoms with E-state index in [0.717, 1.165) is 12.2 Å². The highest BCUT2D eigenvalue weighted by atomic mass is 35.5. The summed E-state index contributed by atoms with van der Waals surface area (Å²) < 4.78 is 11.2. The van der Waals surface area contributed by atoms with Gasteiger partial charge in [-0.25, -0.2) is 0 Å². The summed E-state index contributed by atoms with van der Waals surface area (Å²) in [5.74, 6) is 2.04. The molecular formula is C10H21ClOS. The smallest absolute Gasteiger partial charge is 0.0370 e. The van der Waals surface area contributed by atoms with Crippen LogP contribution >= 0.6 is 11.6 Å². The standard InChI is InChI=1S/C10H21ClOS/c1-2-3-4-5-6-7-9-13(12)10-8-11/h2-10H2,1H3/t13-/m1/s1. The Morgan fingerprint density at radius 1 is 1.00 bits per heavy atom. The molecular weight excluding hydrogens is 204 g/mol. The molecule has 0 saturated heterocycles. The highest BCUT2D eigenvalue weighted by Crippen LogP contribution is 2.05. The molecule has 0 bridgehead atoms. The third kappa shape index (κ3) is 10.4. The quantitative estimate of drug-likeness (QED) is 0.434. The fraction of sp³-hybridized carbons (Fsp3) is 1.00. The highest BCUT2D eigenvalue weighted by Gasteiger charge is 1.97. The van der Waals surface area contributed by atoms with E-state index in [-0.39, 0.29) is 0 Å². The second-order valence-corrected chi connectivity index (χ2v) is 5.38. The van der Waals surface area contributed by atoms with Crippen molar-refractivity contribution in [2.45, 2.75) is 45.4 Å². The first-order valence-corrected chi connectivity index (χ1v) is 7.24. The largest absolute Gasteiger partial charge is 0.260 e. The molecule has 1 atom stereocenters. The van der Waals surface area contributed by atoms with Gasteiger partial charge >= 0.3 is 0 Å². The van der Waals surface area contributed by atoms with E-state index < -0.39 is 10.8 Å². The lowest BCUT2D eigenvalue weighted by Crippen LogP contribution is -2.03. The van der Waals surface area contributed by atoms with Crippen LogP contribution in [0.2, 0.25) is 0 Å². The lowest BCUT2D eigenvalue weighted by molar-refractivity contribution is 0.622. The fourth-order valence-electron chi connectivity index (χ4n) is 1.23. The van der Waals surface area contributed by atoms with Crippen LogP contribution in [-0.4, -0.2) is 21.6 Å². The minimum atomic E-state index is -0.659. The van der Waals surface area contributed by atoms with Crippen molar-refractivity contribution in [3.63, 3.8) is 0 Å². The zero-order valence-corrected chi connectivity index (χ0v) is 10.1. The van der Waals surface area contributed by atoms with Gasteiger partial charge in [0.25, 0.3) is 0 Å². The van der Waals surface area contributed by atoms with Crippen molar-refractivity contribution in [1.29, 1.82) is 0 Å². The maximum absolute atomic E-state index is 11.2. The van der Waals surface area contributed by atoms with E-state index in [1.807, 2.05) is 0 Å². The summed E-state index contributed by atoms with van der Waals surface area (Å²) in [6, 6.07) is 0. The third-order valence-corrected chi connectivity index (χ3v) is 3.85. The summed E-state index contributed by atoms with van der Waals surface area (Å²) in [6.07, 6.45) is 7.59. The average molecular weight is 225 g/mol. The van der Waals surface area contributed by atoms with E-state index in [0.29, 0.717) is 11.6 Å². The molecule has 0 aliphatic rings. The molecule has 0 N–H and O–H groups in total. The van der Waals surface area contributed by atoms with Crippen molar-refractivity contribution in [3.8, 4) is 0 Å². The van der Waals surface area contributed by atoms with Gasteiger partial charge in [0.2, 0.25) is 0 Å². The summed E-state index contributed by atoms with van der Waals surface area (Å²) >= 11 is 5.48. The average Bonchev–Trinajstić information content (AvgIpc) is 2.11. The van der Waals surface area contributed by atoms with Gasteiger partial charge in [-0.15, -0.1) is 11.6 Å². The predicted octanol–water partition coefficient (Wildman–Crippen LogP) is 3.33. The number of unbranched alkanes of at least 4 members (excludes halogenated alkanes) is 5. The van der Waals surface area contributed by atoms with E-state index in [1.165, 1.54) is 32.1 Å². The Balaban J connectivity index is 3.02. The number of rotatable bonds is 9. The molecule has 0 spiro atoms. The fourth-order valence-corrected chi connectivity index (χ4v) is 2.65. The monoisotopic (exact) mass is 224 g/mol. The van der Waals surface area contributed by atoms with Crippen molar-refractivity contribution >= 4 is 22.4 Å². The zero-order valence-electron chi connectivity index (χ0n) is 8.56. The molecule has 0 fully saturated rings.